The van der Waals surface area contributed by atoms with Gasteiger partial charge in [0.05, 0.1) is 5.92 Å². The summed E-state index contributed by atoms with van der Waals surface area (Å²) in [4.78, 5) is 26.8. The van der Waals surface area contributed by atoms with Crippen LogP contribution in [0.3, 0.4) is 0 Å². The predicted octanol–water partition coefficient (Wildman–Crippen LogP) is 4.26. The number of nitrogens with one attached hydrogen (secondary N) is 1. The summed E-state index contributed by atoms with van der Waals surface area (Å²) in [7, 11) is 0. The monoisotopic (exact) mass is 356 g/mol. The summed E-state index contributed by atoms with van der Waals surface area (Å²) in [5, 5.41) is 3.55. The first-order valence-electron chi connectivity index (χ1n) is 8.30. The fourth-order valence-corrected chi connectivity index (χ4v) is 3.37. The van der Waals surface area contributed by atoms with Crippen molar-refractivity contribution in [3.63, 3.8) is 0 Å². The maximum Gasteiger partial charge on any atom is 0.229 e. The van der Waals surface area contributed by atoms with Crippen molar-refractivity contribution in [2.45, 2.75) is 27.2 Å². The van der Waals surface area contributed by atoms with Crippen molar-refractivity contribution in [2.24, 2.45) is 5.92 Å². The molecule has 0 bridgehead atoms. The van der Waals surface area contributed by atoms with Crippen LogP contribution >= 0.6 is 11.6 Å². The molecule has 0 spiro atoms. The van der Waals surface area contributed by atoms with Gasteiger partial charge in [-0.05, 0) is 61.7 Å². The lowest BCUT2D eigenvalue weighted by Gasteiger charge is -2.20. The van der Waals surface area contributed by atoms with Crippen molar-refractivity contribution in [1.29, 1.82) is 0 Å². The Balaban J connectivity index is 1.75. The average molecular weight is 357 g/mol. The van der Waals surface area contributed by atoms with Crippen LogP contribution in [0.1, 0.15) is 23.1 Å². The summed E-state index contributed by atoms with van der Waals surface area (Å²) < 4.78 is 0. The molecule has 1 fully saturated rings. The highest BCUT2D eigenvalue weighted by Crippen LogP contribution is 2.30. The Hall–Kier alpha value is -2.33. The number of amides is 2. The van der Waals surface area contributed by atoms with Gasteiger partial charge in [0.2, 0.25) is 11.8 Å². The van der Waals surface area contributed by atoms with Gasteiger partial charge in [-0.2, -0.15) is 0 Å². The van der Waals surface area contributed by atoms with Crippen LogP contribution in [0.2, 0.25) is 5.02 Å². The molecule has 1 unspecified atom stereocenters. The normalized spacial score (nSPS) is 17.0. The maximum atomic E-state index is 12.6. The SMILES string of the molecule is Cc1cc(Cl)ccc1NC(=O)C1CC(=O)N(c2cccc(C)c2C)C1. The Morgan fingerprint density at radius 1 is 1.16 bits per heavy atom. The van der Waals surface area contributed by atoms with E-state index in [1.807, 2.05) is 39.0 Å². The summed E-state index contributed by atoms with van der Waals surface area (Å²) in [6.45, 7) is 6.32. The molecule has 2 aromatic carbocycles. The third kappa shape index (κ3) is 3.54. The van der Waals surface area contributed by atoms with Crippen LogP contribution in [0.5, 0.6) is 0 Å². The van der Waals surface area contributed by atoms with Crippen molar-refractivity contribution in [1.82, 2.24) is 0 Å². The zero-order valence-electron chi connectivity index (χ0n) is 14.6. The molecule has 1 aliphatic heterocycles. The Bertz CT molecular complexity index is 848. The Labute approximate surface area is 152 Å². The van der Waals surface area contributed by atoms with Crippen molar-refractivity contribution in [3.8, 4) is 0 Å². The molecule has 1 atom stereocenters. The molecule has 0 aliphatic carbocycles. The van der Waals surface area contributed by atoms with Crippen LogP contribution in [-0.2, 0) is 9.59 Å². The van der Waals surface area contributed by atoms with Gasteiger partial charge in [-0.15, -0.1) is 0 Å². The van der Waals surface area contributed by atoms with Crippen molar-refractivity contribution in [3.05, 3.63) is 58.1 Å². The minimum atomic E-state index is -0.359. The van der Waals surface area contributed by atoms with Gasteiger partial charge in [-0.3, -0.25) is 9.59 Å². The molecule has 3 rings (SSSR count). The fourth-order valence-electron chi connectivity index (χ4n) is 3.15. The lowest BCUT2D eigenvalue weighted by molar-refractivity contribution is -0.122. The smallest absolute Gasteiger partial charge is 0.229 e. The van der Waals surface area contributed by atoms with E-state index < -0.39 is 0 Å². The Morgan fingerprint density at radius 2 is 1.92 bits per heavy atom. The number of nitrogens with zero attached hydrogens (tertiary/aromatic N) is 1. The van der Waals surface area contributed by atoms with E-state index in [9.17, 15) is 9.59 Å². The number of carbonyl (C=O) groups excluding carboxylic acids is 2. The third-order valence-electron chi connectivity index (χ3n) is 4.81. The van der Waals surface area contributed by atoms with E-state index in [-0.39, 0.29) is 24.2 Å². The number of carbonyl (C=O) groups is 2. The number of hydrogen-bond donors (Lipinski definition) is 1. The molecule has 4 nitrogen and oxygen atoms in total. The molecule has 1 heterocycles. The van der Waals surface area contributed by atoms with Crippen LogP contribution in [0, 0.1) is 26.7 Å². The summed E-state index contributed by atoms with van der Waals surface area (Å²) in [6, 6.07) is 11.2. The minimum absolute atomic E-state index is 0.0123. The molecule has 25 heavy (non-hydrogen) atoms. The molecule has 130 valence electrons. The number of aryl methyl sites for hydroxylation is 2. The second-order valence-corrected chi connectivity index (χ2v) is 7.01. The largest absolute Gasteiger partial charge is 0.326 e. The first-order valence-corrected chi connectivity index (χ1v) is 8.68. The Morgan fingerprint density at radius 3 is 2.64 bits per heavy atom. The minimum Gasteiger partial charge on any atom is -0.326 e. The molecule has 1 N–H and O–H groups in total. The lowest BCUT2D eigenvalue weighted by atomic mass is 10.1. The molecule has 0 saturated carbocycles. The van der Waals surface area contributed by atoms with Crippen LogP contribution in [0.25, 0.3) is 0 Å². The second kappa shape index (κ2) is 6.89. The number of halogens is 1. The van der Waals surface area contributed by atoms with Crippen molar-refractivity contribution in [2.75, 3.05) is 16.8 Å². The topological polar surface area (TPSA) is 49.4 Å². The third-order valence-corrected chi connectivity index (χ3v) is 5.04. The van der Waals surface area contributed by atoms with E-state index in [1.165, 1.54) is 0 Å². The molecule has 1 aliphatic rings. The maximum absolute atomic E-state index is 12.6. The van der Waals surface area contributed by atoms with Crippen LogP contribution in [0.15, 0.2) is 36.4 Å². The van der Waals surface area contributed by atoms with E-state index >= 15 is 0 Å². The van der Waals surface area contributed by atoms with E-state index in [1.54, 1.807) is 23.1 Å². The van der Waals surface area contributed by atoms with Crippen LogP contribution in [0.4, 0.5) is 11.4 Å². The molecule has 0 radical (unpaired) electrons. The van der Waals surface area contributed by atoms with Gasteiger partial charge in [0, 0.05) is 29.4 Å². The molecular weight excluding hydrogens is 336 g/mol. The van der Waals surface area contributed by atoms with E-state index in [0.717, 1.165) is 28.1 Å². The number of benzene rings is 2. The fraction of sp³-hybridized carbons (Fsp3) is 0.300. The number of anilines is 2. The molecular formula is C20H21ClN2O2. The highest BCUT2D eigenvalue weighted by atomic mass is 35.5. The first kappa shape index (κ1) is 17.5. The second-order valence-electron chi connectivity index (χ2n) is 6.57. The van der Waals surface area contributed by atoms with Gasteiger partial charge in [-0.1, -0.05) is 23.7 Å². The lowest BCUT2D eigenvalue weighted by Crippen LogP contribution is -2.28. The van der Waals surface area contributed by atoms with Gasteiger partial charge >= 0.3 is 0 Å². The van der Waals surface area contributed by atoms with Crippen LogP contribution in [-0.4, -0.2) is 18.4 Å². The standard InChI is InChI=1S/C20H21ClN2O2/c1-12-5-4-6-18(14(12)3)23-11-15(10-19(23)24)20(25)22-17-8-7-16(21)9-13(17)2/h4-9,15H,10-11H2,1-3H3,(H,22,25). The number of hydrogen-bond acceptors (Lipinski definition) is 2. The molecule has 2 amide bonds. The van der Waals surface area contributed by atoms with Gasteiger partial charge in [-0.25, -0.2) is 0 Å². The summed E-state index contributed by atoms with van der Waals surface area (Å²) in [5.74, 6) is -0.504. The van der Waals surface area contributed by atoms with Crippen molar-refractivity contribution < 1.29 is 9.59 Å². The van der Waals surface area contributed by atoms with E-state index in [2.05, 4.69) is 5.32 Å². The van der Waals surface area contributed by atoms with Gasteiger partial charge < -0.3 is 10.2 Å². The molecule has 0 aromatic heterocycles. The van der Waals surface area contributed by atoms with Gasteiger partial charge in [0.25, 0.3) is 0 Å². The summed E-state index contributed by atoms with van der Waals surface area (Å²) in [5.41, 5.74) is 4.73. The molecule has 2 aromatic rings. The molecule has 5 heteroatoms. The summed E-state index contributed by atoms with van der Waals surface area (Å²) >= 11 is 5.95. The average Bonchev–Trinajstić information content (AvgIpc) is 2.94. The van der Waals surface area contributed by atoms with E-state index in [0.29, 0.717) is 11.6 Å². The molecule has 1 saturated heterocycles. The van der Waals surface area contributed by atoms with Gasteiger partial charge in [0.1, 0.15) is 0 Å². The predicted molar refractivity (Wildman–Crippen MR) is 101 cm³/mol. The van der Waals surface area contributed by atoms with Crippen LogP contribution < -0.4 is 10.2 Å². The van der Waals surface area contributed by atoms with Crippen molar-refractivity contribution >= 4 is 34.8 Å². The Kier molecular flexibility index (Phi) is 4.82. The quantitative estimate of drug-likeness (QED) is 0.893. The zero-order chi connectivity index (χ0) is 18.1. The summed E-state index contributed by atoms with van der Waals surface area (Å²) in [6.07, 6.45) is 0.228. The van der Waals surface area contributed by atoms with E-state index in [4.69, 9.17) is 11.6 Å². The highest BCUT2D eigenvalue weighted by molar-refractivity contribution is 6.30. The zero-order valence-corrected chi connectivity index (χ0v) is 15.4. The highest BCUT2D eigenvalue weighted by Gasteiger charge is 2.35. The van der Waals surface area contributed by atoms with Gasteiger partial charge in [0.15, 0.2) is 0 Å². The first-order chi connectivity index (χ1) is 11.9. The number of rotatable bonds is 3.